The third-order valence-corrected chi connectivity index (χ3v) is 9.72. The number of amides is 2. The summed E-state index contributed by atoms with van der Waals surface area (Å²) in [5.74, 6) is -6.72. The highest BCUT2D eigenvalue weighted by atomic mass is 35.5. The number of hydrogen-bond acceptors (Lipinski definition) is 9. The molecule has 3 atom stereocenters. The van der Waals surface area contributed by atoms with E-state index >= 15 is 4.79 Å². The van der Waals surface area contributed by atoms with Crippen molar-refractivity contribution in [3.05, 3.63) is 94.5 Å². The molecule has 3 aliphatic heterocycles. The molecule has 3 heterocycles. The van der Waals surface area contributed by atoms with Gasteiger partial charge in [-0.25, -0.2) is 9.59 Å². The lowest BCUT2D eigenvalue weighted by Gasteiger charge is -2.43. The smallest absolute Gasteiger partial charge is 0.339 e. The maximum Gasteiger partial charge on any atom is 0.339 e. The first kappa shape index (κ1) is 32.2. The predicted molar refractivity (Wildman–Crippen MR) is 171 cm³/mol. The summed E-state index contributed by atoms with van der Waals surface area (Å²) >= 11 is 6.54. The highest BCUT2D eigenvalue weighted by Crippen LogP contribution is 2.69. The first-order valence-electron chi connectivity index (χ1n) is 15.4. The molecule has 244 valence electrons. The van der Waals surface area contributed by atoms with Gasteiger partial charge in [-0.1, -0.05) is 66.2 Å². The van der Waals surface area contributed by atoms with Crippen LogP contribution in [0, 0.1) is 5.92 Å². The fraction of sp³-hybridized carbons (Fsp3) is 0.343. The van der Waals surface area contributed by atoms with Crippen LogP contribution in [0.15, 0.2) is 72.8 Å². The second-order valence-corrected chi connectivity index (χ2v) is 11.9. The van der Waals surface area contributed by atoms with Crippen LogP contribution in [0.3, 0.4) is 0 Å². The Kier molecular flexibility index (Phi) is 8.09. The molecule has 3 unspecified atom stereocenters. The van der Waals surface area contributed by atoms with E-state index in [1.807, 2.05) is 30.3 Å². The van der Waals surface area contributed by atoms with Gasteiger partial charge >= 0.3 is 17.9 Å². The van der Waals surface area contributed by atoms with Gasteiger partial charge in [0.15, 0.2) is 0 Å². The lowest BCUT2D eigenvalue weighted by Crippen LogP contribution is -2.65. The number of nitrogens with zero attached hydrogens (tertiary/aromatic N) is 2. The third-order valence-electron chi connectivity index (χ3n) is 9.49. The molecular weight excluding hydrogens is 626 g/mol. The lowest BCUT2D eigenvalue weighted by atomic mass is 9.57. The Morgan fingerprint density at radius 2 is 1.45 bits per heavy atom. The normalized spacial score (nSPS) is 23.9. The quantitative estimate of drug-likeness (QED) is 0.217. The van der Waals surface area contributed by atoms with Gasteiger partial charge in [0.1, 0.15) is 16.9 Å². The van der Waals surface area contributed by atoms with Crippen molar-refractivity contribution in [3.63, 3.8) is 0 Å². The Balaban J connectivity index is 1.80. The van der Waals surface area contributed by atoms with Crippen LogP contribution in [0.2, 0.25) is 5.02 Å². The van der Waals surface area contributed by atoms with Crippen molar-refractivity contribution in [2.24, 2.45) is 5.92 Å². The molecule has 1 N–H and O–H groups in total. The number of ether oxygens (including phenoxy) is 3. The van der Waals surface area contributed by atoms with Gasteiger partial charge in [0.2, 0.25) is 11.4 Å². The zero-order chi connectivity index (χ0) is 33.7. The maximum absolute atomic E-state index is 15.6. The fourth-order valence-electron chi connectivity index (χ4n) is 7.90. The molecule has 2 amide bonds. The number of anilines is 2. The topological polar surface area (TPSA) is 132 Å². The number of halogens is 1. The van der Waals surface area contributed by atoms with Crippen LogP contribution in [0.1, 0.15) is 37.5 Å². The summed E-state index contributed by atoms with van der Waals surface area (Å²) in [7, 11) is 1.38. The summed E-state index contributed by atoms with van der Waals surface area (Å²) in [5.41, 5.74) is -5.15. The molecule has 11 nitrogen and oxygen atoms in total. The van der Waals surface area contributed by atoms with Gasteiger partial charge < -0.3 is 24.4 Å². The van der Waals surface area contributed by atoms with Gasteiger partial charge in [-0.3, -0.25) is 19.3 Å². The van der Waals surface area contributed by atoms with Crippen LogP contribution >= 0.6 is 11.6 Å². The number of likely N-dealkylation sites (tertiary alicyclic amines) is 1. The van der Waals surface area contributed by atoms with E-state index in [0.717, 1.165) is 5.56 Å². The first-order valence-corrected chi connectivity index (χ1v) is 15.8. The number of likely N-dealkylation sites (N-methyl/N-ethyl adjacent to an activating group) is 1. The Morgan fingerprint density at radius 1 is 0.830 bits per heavy atom. The molecule has 47 heavy (non-hydrogen) atoms. The first-order chi connectivity index (χ1) is 22.6. The summed E-state index contributed by atoms with van der Waals surface area (Å²) in [4.78, 5) is 76.8. The van der Waals surface area contributed by atoms with Gasteiger partial charge in [-0.05, 0) is 57.1 Å². The van der Waals surface area contributed by atoms with E-state index in [1.165, 1.54) is 16.8 Å². The summed E-state index contributed by atoms with van der Waals surface area (Å²) < 4.78 is 16.7. The van der Waals surface area contributed by atoms with E-state index in [0.29, 0.717) is 16.4 Å². The fourth-order valence-corrected chi connectivity index (χ4v) is 8.07. The molecular formula is C35H34ClN3O8. The van der Waals surface area contributed by atoms with Crippen LogP contribution in [0.5, 0.6) is 0 Å². The predicted octanol–water partition coefficient (Wildman–Crippen LogP) is 3.96. The minimum absolute atomic E-state index is 0.0534. The second-order valence-electron chi connectivity index (χ2n) is 11.5. The lowest BCUT2D eigenvalue weighted by molar-refractivity contribution is -0.183. The van der Waals surface area contributed by atoms with Gasteiger partial charge in [0.25, 0.3) is 5.91 Å². The van der Waals surface area contributed by atoms with Gasteiger partial charge in [0, 0.05) is 16.3 Å². The van der Waals surface area contributed by atoms with E-state index < -0.39 is 52.1 Å². The average Bonchev–Trinajstić information content (AvgIpc) is 3.57. The largest absolute Gasteiger partial charge is 0.466 e. The number of carbonyl (C=O) groups is 5. The highest BCUT2D eigenvalue weighted by molar-refractivity contribution is 6.31. The van der Waals surface area contributed by atoms with Crippen molar-refractivity contribution in [2.45, 2.75) is 43.8 Å². The SMILES string of the molecule is CCOC(=O)C1C(C(=O)OCC)(C(=O)OCC)N(C)C2(C(=O)N(Cc3ccccc3)c3cc(Cl)ccc32)C12C(=O)Nc1ccccc12. The average molecular weight is 660 g/mol. The number of hydrogen-bond donors (Lipinski definition) is 1. The van der Waals surface area contributed by atoms with Crippen LogP contribution in [-0.2, 0) is 55.7 Å². The van der Waals surface area contributed by atoms with Crippen LogP contribution in [0.25, 0.3) is 0 Å². The number of benzene rings is 3. The second kappa shape index (κ2) is 11.8. The summed E-state index contributed by atoms with van der Waals surface area (Å²) in [6.07, 6.45) is 0. The van der Waals surface area contributed by atoms with Crippen molar-refractivity contribution >= 4 is 52.7 Å². The number of rotatable bonds is 8. The van der Waals surface area contributed by atoms with Crippen molar-refractivity contribution in [1.29, 1.82) is 0 Å². The van der Waals surface area contributed by atoms with Crippen LogP contribution in [-0.4, -0.2) is 67.0 Å². The molecule has 1 saturated heterocycles. The van der Waals surface area contributed by atoms with E-state index in [2.05, 4.69) is 5.32 Å². The molecule has 0 aromatic heterocycles. The zero-order valence-electron chi connectivity index (χ0n) is 26.4. The van der Waals surface area contributed by atoms with Gasteiger partial charge in [-0.2, -0.15) is 0 Å². The maximum atomic E-state index is 15.6. The Labute approximate surface area is 276 Å². The van der Waals surface area contributed by atoms with Crippen molar-refractivity contribution in [1.82, 2.24) is 4.90 Å². The Hall–Kier alpha value is -4.74. The molecule has 2 spiro atoms. The molecule has 0 bridgehead atoms. The third kappa shape index (κ3) is 4.05. The molecule has 0 saturated carbocycles. The standard InChI is InChI=1S/C35H34ClN3O8/c1-5-45-28(40)27-33(23-15-11-12-16-25(23)37-29(33)41)35(38(4)34(27,31(43)46-6-2)32(44)47-7-3)24-18-17-22(36)19-26(24)39(30(35)42)20-21-13-9-8-10-14-21/h8-19,27H,5-7,20H2,1-4H3,(H,37,41). The number of carbonyl (C=O) groups excluding carboxylic acids is 5. The van der Waals surface area contributed by atoms with Crippen molar-refractivity contribution < 1.29 is 38.2 Å². The minimum Gasteiger partial charge on any atom is -0.466 e. The number of esters is 3. The van der Waals surface area contributed by atoms with Gasteiger partial charge in [-0.15, -0.1) is 0 Å². The summed E-state index contributed by atoms with van der Waals surface area (Å²) in [5, 5.41) is 3.17. The van der Waals surface area contributed by atoms with Crippen LogP contribution in [0.4, 0.5) is 11.4 Å². The molecule has 1 fully saturated rings. The number of para-hydroxylation sites is 1. The van der Waals surface area contributed by atoms with E-state index in [1.54, 1.807) is 63.2 Å². The van der Waals surface area contributed by atoms with E-state index in [4.69, 9.17) is 25.8 Å². The van der Waals surface area contributed by atoms with E-state index in [9.17, 15) is 19.2 Å². The van der Waals surface area contributed by atoms with E-state index in [-0.39, 0.29) is 37.5 Å². The molecule has 3 aromatic rings. The highest BCUT2D eigenvalue weighted by Gasteiger charge is 2.89. The molecule has 6 rings (SSSR count). The monoisotopic (exact) mass is 659 g/mol. The number of fused-ring (bicyclic) bond motifs is 5. The van der Waals surface area contributed by atoms with Crippen molar-refractivity contribution in [3.8, 4) is 0 Å². The molecule has 0 radical (unpaired) electrons. The zero-order valence-corrected chi connectivity index (χ0v) is 27.1. The van der Waals surface area contributed by atoms with Crippen LogP contribution < -0.4 is 10.2 Å². The molecule has 3 aromatic carbocycles. The summed E-state index contributed by atoms with van der Waals surface area (Å²) in [6.45, 7) is 4.23. The molecule has 3 aliphatic rings. The molecule has 12 heteroatoms. The minimum atomic E-state index is -2.65. The number of nitrogens with one attached hydrogen (secondary N) is 1. The Morgan fingerprint density at radius 3 is 2.09 bits per heavy atom. The molecule has 0 aliphatic carbocycles. The van der Waals surface area contributed by atoms with Gasteiger partial charge in [0.05, 0.1) is 32.1 Å². The summed E-state index contributed by atoms with van der Waals surface area (Å²) in [6, 6.07) is 20.6. The Bertz CT molecular complexity index is 1780. The van der Waals surface area contributed by atoms with Crippen molar-refractivity contribution in [2.75, 3.05) is 37.1 Å².